The molecule has 64 valence electrons. The van der Waals surface area contributed by atoms with E-state index in [1.165, 1.54) is 4.70 Å². The van der Waals surface area contributed by atoms with Gasteiger partial charge in [-0.2, -0.15) is 0 Å². The second kappa shape index (κ2) is 3.56. The number of nitrogens with zero attached hydrogens (tertiary/aromatic N) is 1. The van der Waals surface area contributed by atoms with Gasteiger partial charge in [0.2, 0.25) is 0 Å². The SMILES string of the molecule is NCC#Cc1ccc2ncsc2c1. The standard InChI is InChI=1S/C10H8N2S/c11-5-1-2-8-3-4-9-10(6-8)13-7-12-9/h3-4,6-7H,5,11H2. The lowest BCUT2D eigenvalue weighted by Crippen LogP contribution is -1.92. The highest BCUT2D eigenvalue weighted by molar-refractivity contribution is 7.16. The van der Waals surface area contributed by atoms with E-state index in [0.717, 1.165) is 11.1 Å². The molecule has 1 aromatic carbocycles. The third-order valence-electron chi connectivity index (χ3n) is 1.67. The van der Waals surface area contributed by atoms with Crippen LogP contribution in [0.25, 0.3) is 10.2 Å². The molecule has 0 saturated heterocycles. The fourth-order valence-electron chi connectivity index (χ4n) is 1.09. The fourth-order valence-corrected chi connectivity index (χ4v) is 1.80. The summed E-state index contributed by atoms with van der Waals surface area (Å²) in [5, 5.41) is 0. The van der Waals surface area contributed by atoms with Crippen molar-refractivity contribution in [1.82, 2.24) is 4.98 Å². The Hall–Kier alpha value is -1.37. The minimum Gasteiger partial charge on any atom is -0.320 e. The zero-order chi connectivity index (χ0) is 9.10. The molecular weight excluding hydrogens is 180 g/mol. The summed E-state index contributed by atoms with van der Waals surface area (Å²) in [4.78, 5) is 4.19. The Bertz CT molecular complexity index is 476. The van der Waals surface area contributed by atoms with E-state index in [1.807, 2.05) is 23.7 Å². The highest BCUT2D eigenvalue weighted by atomic mass is 32.1. The van der Waals surface area contributed by atoms with E-state index in [9.17, 15) is 0 Å². The number of fused-ring (bicyclic) bond motifs is 1. The van der Waals surface area contributed by atoms with E-state index < -0.39 is 0 Å². The molecule has 0 unspecified atom stereocenters. The lowest BCUT2D eigenvalue weighted by molar-refractivity contribution is 1.30. The minimum atomic E-state index is 0.403. The Labute approximate surface area is 80.4 Å². The van der Waals surface area contributed by atoms with Crippen LogP contribution in [-0.4, -0.2) is 11.5 Å². The van der Waals surface area contributed by atoms with E-state index in [-0.39, 0.29) is 0 Å². The zero-order valence-corrected chi connectivity index (χ0v) is 7.77. The summed E-state index contributed by atoms with van der Waals surface area (Å²) in [5.74, 6) is 5.81. The van der Waals surface area contributed by atoms with E-state index in [4.69, 9.17) is 5.73 Å². The van der Waals surface area contributed by atoms with Crippen molar-refractivity contribution in [3.8, 4) is 11.8 Å². The molecule has 2 N–H and O–H groups in total. The van der Waals surface area contributed by atoms with Gasteiger partial charge >= 0.3 is 0 Å². The van der Waals surface area contributed by atoms with E-state index in [1.54, 1.807) is 11.3 Å². The molecule has 13 heavy (non-hydrogen) atoms. The summed E-state index contributed by atoms with van der Waals surface area (Å²) in [6.45, 7) is 0.403. The molecule has 1 aromatic heterocycles. The second-order valence-corrected chi connectivity index (χ2v) is 3.43. The highest BCUT2D eigenvalue weighted by Crippen LogP contribution is 2.18. The average Bonchev–Trinajstić information content (AvgIpc) is 2.61. The van der Waals surface area contributed by atoms with Gasteiger partial charge in [0.1, 0.15) is 0 Å². The second-order valence-electron chi connectivity index (χ2n) is 2.54. The van der Waals surface area contributed by atoms with Crippen LogP contribution in [-0.2, 0) is 0 Å². The predicted octanol–water partition coefficient (Wildman–Crippen LogP) is 1.61. The maximum Gasteiger partial charge on any atom is 0.0812 e. The highest BCUT2D eigenvalue weighted by Gasteiger charge is 1.95. The van der Waals surface area contributed by atoms with Crippen molar-refractivity contribution in [2.24, 2.45) is 5.73 Å². The zero-order valence-electron chi connectivity index (χ0n) is 6.95. The van der Waals surface area contributed by atoms with Crippen molar-refractivity contribution < 1.29 is 0 Å². The molecule has 0 atom stereocenters. The number of rotatable bonds is 0. The first-order chi connectivity index (χ1) is 6.40. The molecule has 3 heteroatoms. The van der Waals surface area contributed by atoms with E-state index in [2.05, 4.69) is 16.8 Å². The maximum absolute atomic E-state index is 5.29. The van der Waals surface area contributed by atoms with Gasteiger partial charge < -0.3 is 5.73 Å². The van der Waals surface area contributed by atoms with E-state index >= 15 is 0 Å². The van der Waals surface area contributed by atoms with Crippen LogP contribution in [0.3, 0.4) is 0 Å². The van der Waals surface area contributed by atoms with Crippen molar-refractivity contribution >= 4 is 21.6 Å². The van der Waals surface area contributed by atoms with Gasteiger partial charge in [-0.05, 0) is 18.2 Å². The van der Waals surface area contributed by atoms with Gasteiger partial charge in [0.25, 0.3) is 0 Å². The first-order valence-corrected chi connectivity index (χ1v) is 4.80. The van der Waals surface area contributed by atoms with Gasteiger partial charge in [-0.25, -0.2) is 4.98 Å². The first-order valence-electron chi connectivity index (χ1n) is 3.92. The summed E-state index contributed by atoms with van der Waals surface area (Å²) in [6.07, 6.45) is 0. The molecule has 0 bridgehead atoms. The molecule has 0 fully saturated rings. The molecule has 2 rings (SSSR count). The Morgan fingerprint density at radius 2 is 2.38 bits per heavy atom. The van der Waals surface area contributed by atoms with Gasteiger partial charge in [0, 0.05) is 5.56 Å². The molecule has 0 aliphatic heterocycles. The van der Waals surface area contributed by atoms with Crippen LogP contribution in [0.5, 0.6) is 0 Å². The summed E-state index contributed by atoms with van der Waals surface area (Å²) in [7, 11) is 0. The van der Waals surface area contributed by atoms with Crippen LogP contribution >= 0.6 is 11.3 Å². The van der Waals surface area contributed by atoms with Crippen molar-refractivity contribution in [3.05, 3.63) is 29.3 Å². The average molecular weight is 188 g/mol. The Morgan fingerprint density at radius 1 is 1.46 bits per heavy atom. The van der Waals surface area contributed by atoms with Crippen LogP contribution in [0, 0.1) is 11.8 Å². The molecule has 0 saturated carbocycles. The largest absolute Gasteiger partial charge is 0.320 e. The molecule has 1 heterocycles. The fraction of sp³-hybridized carbons (Fsp3) is 0.100. The van der Waals surface area contributed by atoms with Crippen LogP contribution in [0.15, 0.2) is 23.7 Å². The number of benzene rings is 1. The minimum absolute atomic E-state index is 0.403. The Morgan fingerprint density at radius 3 is 3.23 bits per heavy atom. The number of hydrogen-bond acceptors (Lipinski definition) is 3. The topological polar surface area (TPSA) is 38.9 Å². The summed E-state index contributed by atoms with van der Waals surface area (Å²) >= 11 is 1.62. The van der Waals surface area contributed by atoms with E-state index in [0.29, 0.717) is 6.54 Å². The lowest BCUT2D eigenvalue weighted by Gasteiger charge is -1.89. The molecular formula is C10H8N2S. The monoisotopic (exact) mass is 188 g/mol. The molecule has 0 spiro atoms. The number of thiazole rings is 1. The number of hydrogen-bond donors (Lipinski definition) is 1. The Kier molecular flexibility index (Phi) is 2.26. The maximum atomic E-state index is 5.29. The van der Waals surface area contributed by atoms with Crippen LogP contribution in [0.2, 0.25) is 0 Å². The van der Waals surface area contributed by atoms with Gasteiger partial charge in [0.15, 0.2) is 0 Å². The van der Waals surface area contributed by atoms with Crippen LogP contribution < -0.4 is 5.73 Å². The summed E-state index contributed by atoms with van der Waals surface area (Å²) in [5.41, 5.74) is 9.16. The summed E-state index contributed by atoms with van der Waals surface area (Å²) in [6, 6.07) is 5.98. The lowest BCUT2D eigenvalue weighted by atomic mass is 10.2. The van der Waals surface area contributed by atoms with Crippen molar-refractivity contribution in [2.45, 2.75) is 0 Å². The molecule has 0 aliphatic carbocycles. The molecule has 2 nitrogen and oxygen atoms in total. The van der Waals surface area contributed by atoms with Gasteiger partial charge in [-0.1, -0.05) is 11.8 Å². The third-order valence-corrected chi connectivity index (χ3v) is 2.46. The predicted molar refractivity (Wildman–Crippen MR) is 55.6 cm³/mol. The van der Waals surface area contributed by atoms with Crippen LogP contribution in [0.1, 0.15) is 5.56 Å². The van der Waals surface area contributed by atoms with Gasteiger partial charge in [-0.3, -0.25) is 0 Å². The third kappa shape index (κ3) is 1.69. The molecule has 2 aromatic rings. The normalized spacial score (nSPS) is 9.62. The number of aromatic nitrogens is 1. The smallest absolute Gasteiger partial charge is 0.0812 e. The van der Waals surface area contributed by atoms with Gasteiger partial charge in [0.05, 0.1) is 22.3 Å². The molecule has 0 amide bonds. The first kappa shape index (κ1) is 8.24. The number of nitrogens with two attached hydrogens (primary N) is 1. The van der Waals surface area contributed by atoms with Gasteiger partial charge in [-0.15, -0.1) is 11.3 Å². The van der Waals surface area contributed by atoms with Crippen LogP contribution in [0.4, 0.5) is 0 Å². The molecule has 0 radical (unpaired) electrons. The Balaban J connectivity index is 2.48. The summed E-state index contributed by atoms with van der Waals surface area (Å²) < 4.78 is 1.17. The van der Waals surface area contributed by atoms with Crippen molar-refractivity contribution in [1.29, 1.82) is 0 Å². The quantitative estimate of drug-likeness (QED) is 0.638. The van der Waals surface area contributed by atoms with Crippen molar-refractivity contribution in [2.75, 3.05) is 6.54 Å². The molecule has 0 aliphatic rings. The van der Waals surface area contributed by atoms with Crippen molar-refractivity contribution in [3.63, 3.8) is 0 Å².